The molecular weight excluding hydrogens is 284 g/mol. The third-order valence-corrected chi connectivity index (χ3v) is 4.29. The van der Waals surface area contributed by atoms with Crippen LogP contribution in [0.2, 0.25) is 0 Å². The van der Waals surface area contributed by atoms with Crippen LogP contribution in [0.3, 0.4) is 0 Å². The molecule has 0 aromatic heterocycles. The van der Waals surface area contributed by atoms with Gasteiger partial charge in [-0.3, -0.25) is 9.59 Å². The topological polar surface area (TPSA) is 43.4 Å². The van der Waals surface area contributed by atoms with E-state index < -0.39 is 0 Å². The summed E-state index contributed by atoms with van der Waals surface area (Å²) in [7, 11) is 1.42. The summed E-state index contributed by atoms with van der Waals surface area (Å²) in [6.07, 6.45) is 0. The highest BCUT2D eigenvalue weighted by atomic mass is 32.2. The Balaban J connectivity index is 2.09. The molecule has 3 nitrogen and oxygen atoms in total. The zero-order valence-corrected chi connectivity index (χ0v) is 12.1. The van der Waals surface area contributed by atoms with Crippen molar-refractivity contribution in [2.45, 2.75) is 4.90 Å². The predicted octanol–water partition coefficient (Wildman–Crippen LogP) is 3.72. The van der Waals surface area contributed by atoms with E-state index >= 15 is 0 Å². The molecule has 21 heavy (non-hydrogen) atoms. The van der Waals surface area contributed by atoms with Crippen molar-refractivity contribution < 1.29 is 14.3 Å². The van der Waals surface area contributed by atoms with Crippen molar-refractivity contribution in [2.24, 2.45) is 0 Å². The van der Waals surface area contributed by atoms with Gasteiger partial charge in [-0.05, 0) is 12.1 Å². The molecule has 2 aromatic rings. The van der Waals surface area contributed by atoms with E-state index in [9.17, 15) is 9.59 Å². The fraction of sp³-hybridized carbons (Fsp3) is 0.0588. The number of hydrogen-bond acceptors (Lipinski definition) is 4. The van der Waals surface area contributed by atoms with Gasteiger partial charge in [-0.1, -0.05) is 54.2 Å². The first-order valence-electron chi connectivity index (χ1n) is 6.42. The summed E-state index contributed by atoms with van der Waals surface area (Å²) in [4.78, 5) is 26.3. The average Bonchev–Trinajstić information content (AvgIpc) is 2.54. The first-order valence-corrected chi connectivity index (χ1v) is 7.23. The lowest BCUT2D eigenvalue weighted by Gasteiger charge is -2.19. The fourth-order valence-corrected chi connectivity index (χ4v) is 3.21. The molecule has 4 heteroatoms. The van der Waals surface area contributed by atoms with Gasteiger partial charge < -0.3 is 4.74 Å². The molecule has 0 spiro atoms. The largest absolute Gasteiger partial charge is 0.491 e. The van der Waals surface area contributed by atoms with Gasteiger partial charge in [0.05, 0.1) is 7.11 Å². The minimum Gasteiger partial charge on any atom is -0.491 e. The molecule has 0 aliphatic heterocycles. The molecule has 0 saturated heterocycles. The van der Waals surface area contributed by atoms with Gasteiger partial charge in [-0.25, -0.2) is 0 Å². The predicted molar refractivity (Wildman–Crippen MR) is 81.4 cm³/mol. The van der Waals surface area contributed by atoms with Crippen LogP contribution in [0.5, 0.6) is 0 Å². The lowest BCUT2D eigenvalue weighted by atomic mass is 9.93. The molecule has 2 aromatic carbocycles. The summed E-state index contributed by atoms with van der Waals surface area (Å²) >= 11 is 1.26. The number of hydrogen-bond donors (Lipinski definition) is 0. The first-order chi connectivity index (χ1) is 10.2. The average molecular weight is 296 g/mol. The van der Waals surface area contributed by atoms with Crippen LogP contribution in [0.4, 0.5) is 0 Å². The van der Waals surface area contributed by atoms with Crippen molar-refractivity contribution in [1.29, 1.82) is 0 Å². The van der Waals surface area contributed by atoms with Crippen LogP contribution in [-0.4, -0.2) is 18.7 Å². The van der Waals surface area contributed by atoms with Crippen molar-refractivity contribution in [2.75, 3.05) is 7.11 Å². The minimum atomic E-state index is -0.244. The van der Waals surface area contributed by atoms with E-state index in [0.29, 0.717) is 16.0 Å². The second-order valence-electron chi connectivity index (χ2n) is 4.48. The minimum absolute atomic E-state index is 0.118. The van der Waals surface area contributed by atoms with Crippen LogP contribution in [0.15, 0.2) is 70.2 Å². The molecule has 1 aliphatic carbocycles. The Morgan fingerprint density at radius 2 is 1.38 bits per heavy atom. The molecular formula is C17H12O3S. The maximum atomic E-state index is 12.6. The molecule has 0 bridgehead atoms. The van der Waals surface area contributed by atoms with Gasteiger partial charge >= 0.3 is 0 Å². The van der Waals surface area contributed by atoms with Crippen molar-refractivity contribution in [3.8, 4) is 0 Å². The molecule has 104 valence electrons. The molecule has 0 unspecified atom stereocenters. The van der Waals surface area contributed by atoms with Crippen LogP contribution in [0.25, 0.3) is 0 Å². The van der Waals surface area contributed by atoms with E-state index in [1.54, 1.807) is 24.3 Å². The fourth-order valence-electron chi connectivity index (χ4n) is 2.21. The van der Waals surface area contributed by atoms with Crippen molar-refractivity contribution in [3.63, 3.8) is 0 Å². The third-order valence-electron chi connectivity index (χ3n) is 3.20. The number of benzene rings is 2. The van der Waals surface area contributed by atoms with E-state index in [0.717, 1.165) is 4.90 Å². The lowest BCUT2D eigenvalue weighted by Crippen LogP contribution is -2.21. The van der Waals surface area contributed by atoms with E-state index in [2.05, 4.69) is 0 Å². The Morgan fingerprint density at radius 1 is 0.810 bits per heavy atom. The SMILES string of the molecule is COC1=C(Sc2ccccc2)C(=O)c2ccccc2C1=O. The van der Waals surface area contributed by atoms with Crippen LogP contribution >= 0.6 is 11.8 Å². The molecule has 0 amide bonds. The summed E-state index contributed by atoms with van der Waals surface area (Å²) in [5, 5.41) is 0. The van der Waals surface area contributed by atoms with Crippen LogP contribution in [0, 0.1) is 0 Å². The summed E-state index contributed by atoms with van der Waals surface area (Å²) < 4.78 is 5.20. The Hall–Kier alpha value is -2.33. The van der Waals surface area contributed by atoms with Crippen LogP contribution in [-0.2, 0) is 4.74 Å². The number of ketones is 2. The monoisotopic (exact) mass is 296 g/mol. The normalized spacial score (nSPS) is 14.1. The van der Waals surface area contributed by atoms with Gasteiger partial charge in [-0.15, -0.1) is 0 Å². The molecule has 0 heterocycles. The molecule has 0 saturated carbocycles. The van der Waals surface area contributed by atoms with Gasteiger partial charge in [0.2, 0.25) is 11.6 Å². The van der Waals surface area contributed by atoms with Crippen molar-refractivity contribution >= 4 is 23.3 Å². The standard InChI is InChI=1S/C17H12O3S/c1-20-16-14(18)12-9-5-6-10-13(12)15(19)17(16)21-11-7-3-2-4-8-11/h2-10H,1H3. The maximum absolute atomic E-state index is 12.6. The summed E-state index contributed by atoms with van der Waals surface area (Å²) in [5.41, 5.74) is 0.832. The Labute approximate surface area is 126 Å². The van der Waals surface area contributed by atoms with E-state index in [-0.39, 0.29) is 17.3 Å². The number of thioether (sulfide) groups is 1. The molecule has 0 fully saturated rings. The number of carbonyl (C=O) groups is 2. The Morgan fingerprint density at radius 3 is 2.00 bits per heavy atom. The van der Waals surface area contributed by atoms with Gasteiger partial charge in [-0.2, -0.15) is 0 Å². The molecule has 0 radical (unpaired) electrons. The quantitative estimate of drug-likeness (QED) is 0.866. The zero-order valence-electron chi connectivity index (χ0n) is 11.3. The number of Topliss-reactive ketones (excluding diaryl/α,β-unsaturated/α-hetero) is 2. The number of ether oxygens (including phenoxy) is 1. The highest BCUT2D eigenvalue weighted by molar-refractivity contribution is 8.04. The maximum Gasteiger partial charge on any atom is 0.229 e. The van der Waals surface area contributed by atoms with Gasteiger partial charge in [0.1, 0.15) is 4.91 Å². The van der Waals surface area contributed by atoms with E-state index in [1.165, 1.54) is 18.9 Å². The molecule has 0 N–H and O–H groups in total. The van der Waals surface area contributed by atoms with E-state index in [1.807, 2.05) is 30.3 Å². The Bertz CT molecular complexity index is 748. The van der Waals surface area contributed by atoms with Crippen molar-refractivity contribution in [3.05, 3.63) is 76.4 Å². The smallest absolute Gasteiger partial charge is 0.229 e. The molecule has 1 aliphatic rings. The number of methoxy groups -OCH3 is 1. The van der Waals surface area contributed by atoms with Gasteiger partial charge in [0.15, 0.2) is 5.76 Å². The first kappa shape index (κ1) is 13.6. The van der Waals surface area contributed by atoms with Gasteiger partial charge in [0.25, 0.3) is 0 Å². The van der Waals surface area contributed by atoms with Crippen LogP contribution in [0.1, 0.15) is 20.7 Å². The number of allylic oxidation sites excluding steroid dienone is 2. The summed E-state index contributed by atoms with van der Waals surface area (Å²) in [6, 6.07) is 16.3. The van der Waals surface area contributed by atoms with Gasteiger partial charge in [0, 0.05) is 16.0 Å². The molecule has 0 atom stereocenters. The molecule has 3 rings (SSSR count). The van der Waals surface area contributed by atoms with E-state index in [4.69, 9.17) is 4.74 Å². The highest BCUT2D eigenvalue weighted by Gasteiger charge is 2.33. The summed E-state index contributed by atoms with van der Waals surface area (Å²) in [5.74, 6) is -0.297. The van der Waals surface area contributed by atoms with Crippen molar-refractivity contribution in [1.82, 2.24) is 0 Å². The van der Waals surface area contributed by atoms with Crippen LogP contribution < -0.4 is 0 Å². The lowest BCUT2D eigenvalue weighted by molar-refractivity contribution is 0.0913. The third kappa shape index (κ3) is 2.38. The second-order valence-corrected chi connectivity index (χ2v) is 5.57. The zero-order chi connectivity index (χ0) is 14.8. The number of rotatable bonds is 3. The second kappa shape index (κ2) is 5.58. The number of carbonyl (C=O) groups excluding carboxylic acids is 2. The summed E-state index contributed by atoms with van der Waals surface area (Å²) in [6.45, 7) is 0. The Kier molecular flexibility index (Phi) is 3.62. The number of fused-ring (bicyclic) bond motifs is 1. The highest BCUT2D eigenvalue weighted by Crippen LogP contribution is 2.36.